The van der Waals surface area contributed by atoms with Crippen molar-refractivity contribution in [3.05, 3.63) is 94.1 Å². The Morgan fingerprint density at radius 2 is 1.73 bits per heavy atom. The number of hydrogen-bond donors (Lipinski definition) is 4. The molecule has 0 aromatic heterocycles. The van der Waals surface area contributed by atoms with Gasteiger partial charge in [0.2, 0.25) is 11.6 Å². The Hall–Kier alpha value is -4.72. The third-order valence-electron chi connectivity index (χ3n) is 8.14. The number of ether oxygens (including phenoxy) is 3. The van der Waals surface area contributed by atoms with Gasteiger partial charge in [-0.05, 0) is 62.4 Å². The smallest absolute Gasteiger partial charge is 0.405 e. The number of Topliss-reactive ketones (excluding diaryl/α,β-unsaturated/α-hetero) is 1. The molecule has 1 heterocycles. The number of aliphatic hydroxyl groups excluding tert-OH is 1. The van der Waals surface area contributed by atoms with E-state index < -0.39 is 71.5 Å². The summed E-state index contributed by atoms with van der Waals surface area (Å²) in [4.78, 5) is 65.1. The van der Waals surface area contributed by atoms with E-state index in [2.05, 4.69) is 10.6 Å². The van der Waals surface area contributed by atoms with Crippen molar-refractivity contribution in [3.63, 3.8) is 0 Å². The fourth-order valence-electron chi connectivity index (χ4n) is 5.51. The molecule has 1 aromatic rings. The van der Waals surface area contributed by atoms with Crippen molar-refractivity contribution in [2.75, 3.05) is 14.2 Å². The molecule has 6 atom stereocenters. The highest BCUT2D eigenvalue weighted by Gasteiger charge is 2.34. The first kappa shape index (κ1) is 37.7. The number of halogens is 1. The van der Waals surface area contributed by atoms with Gasteiger partial charge in [-0.15, -0.1) is 0 Å². The Kier molecular flexibility index (Phi) is 13.3. The van der Waals surface area contributed by atoms with E-state index in [1.807, 2.05) is 0 Å². The molecule has 2 bridgehead atoms. The summed E-state index contributed by atoms with van der Waals surface area (Å²) in [6.07, 6.45) is 2.67. The van der Waals surface area contributed by atoms with E-state index in [4.69, 9.17) is 19.9 Å². The summed E-state index contributed by atoms with van der Waals surface area (Å²) in [5.74, 6) is -4.29. The molecule has 0 unspecified atom stereocenters. The summed E-state index contributed by atoms with van der Waals surface area (Å²) < 4.78 is 30.0. The van der Waals surface area contributed by atoms with Gasteiger partial charge in [0, 0.05) is 42.9 Å². The molecule has 0 fully saturated rings. The molecule has 13 heteroatoms. The first-order valence-corrected chi connectivity index (χ1v) is 15.3. The Bertz CT molecular complexity index is 1580. The molecule has 0 saturated carbocycles. The number of hydrogen-bond acceptors (Lipinski definition) is 9. The molecule has 3 amide bonds. The minimum absolute atomic E-state index is 0.0335. The number of fused-ring (bicyclic) bond motifs is 2. The van der Waals surface area contributed by atoms with Crippen LogP contribution in [0, 0.1) is 17.7 Å². The third-order valence-corrected chi connectivity index (χ3v) is 8.14. The van der Waals surface area contributed by atoms with Crippen LogP contribution in [0.5, 0.6) is 0 Å². The fraction of sp³-hybridized carbons (Fsp3) is 0.400. The Balaban J connectivity index is 2.09. The molecular formula is C35H42FN3O9. The lowest BCUT2D eigenvalue weighted by molar-refractivity contribution is -0.120. The third kappa shape index (κ3) is 9.66. The fourth-order valence-corrected chi connectivity index (χ4v) is 5.51. The van der Waals surface area contributed by atoms with Gasteiger partial charge in [0.25, 0.3) is 11.8 Å². The van der Waals surface area contributed by atoms with E-state index >= 15 is 0 Å². The number of benzene rings is 1. The molecule has 5 N–H and O–H groups in total. The number of amides is 3. The number of primary amides is 1. The Morgan fingerprint density at radius 1 is 1.06 bits per heavy atom. The SMILES string of the molecule is CO[C@H]1/C=C\C=C(/C)C(=O)NC2=CC(=O)C(NC(=O)c3ccc(F)cc3)=C(C[C@@H](C)C[C@H](OC)[C@H](O)[C@@H](C)/C=C(\C)[C@H]1OC(N)=O)C2=O. The van der Waals surface area contributed by atoms with E-state index in [1.54, 1.807) is 32.9 Å². The molecule has 258 valence electrons. The highest BCUT2D eigenvalue weighted by atomic mass is 19.1. The van der Waals surface area contributed by atoms with Gasteiger partial charge in [0.05, 0.1) is 23.6 Å². The topological polar surface area (TPSA) is 183 Å². The number of carbonyl (C=O) groups is 5. The van der Waals surface area contributed by atoms with Crippen LogP contribution >= 0.6 is 0 Å². The molecule has 1 aliphatic carbocycles. The van der Waals surface area contributed by atoms with Gasteiger partial charge in [-0.2, -0.15) is 0 Å². The van der Waals surface area contributed by atoms with Crippen LogP contribution in [0.3, 0.4) is 0 Å². The van der Waals surface area contributed by atoms with E-state index in [0.29, 0.717) is 5.57 Å². The lowest BCUT2D eigenvalue weighted by Crippen LogP contribution is -2.38. The van der Waals surface area contributed by atoms with Gasteiger partial charge >= 0.3 is 6.09 Å². The second-order valence-corrected chi connectivity index (χ2v) is 11.9. The predicted molar refractivity (Wildman–Crippen MR) is 173 cm³/mol. The quantitative estimate of drug-likeness (QED) is 0.270. The predicted octanol–water partition coefficient (Wildman–Crippen LogP) is 3.33. The minimum Gasteiger partial charge on any atom is -0.439 e. The maximum atomic E-state index is 13.8. The molecule has 12 nitrogen and oxygen atoms in total. The summed E-state index contributed by atoms with van der Waals surface area (Å²) in [7, 11) is 2.83. The van der Waals surface area contributed by atoms with E-state index in [-0.39, 0.29) is 40.9 Å². The highest BCUT2D eigenvalue weighted by molar-refractivity contribution is 6.24. The average molecular weight is 668 g/mol. The second-order valence-electron chi connectivity index (χ2n) is 11.9. The van der Waals surface area contributed by atoms with Crippen molar-refractivity contribution in [3.8, 4) is 0 Å². The molecular weight excluding hydrogens is 625 g/mol. The largest absolute Gasteiger partial charge is 0.439 e. The van der Waals surface area contributed by atoms with Crippen LogP contribution in [0.15, 0.2) is 82.8 Å². The molecule has 0 radical (unpaired) electrons. The summed E-state index contributed by atoms with van der Waals surface area (Å²) in [6.45, 7) is 6.72. The first-order chi connectivity index (χ1) is 22.7. The Morgan fingerprint density at radius 3 is 2.33 bits per heavy atom. The van der Waals surface area contributed by atoms with Crippen molar-refractivity contribution < 1.29 is 47.7 Å². The second kappa shape index (κ2) is 16.9. The van der Waals surface area contributed by atoms with Crippen molar-refractivity contribution in [2.24, 2.45) is 17.6 Å². The lowest BCUT2D eigenvalue weighted by atomic mass is 9.85. The normalized spacial score (nSPS) is 29.1. The number of nitrogens with one attached hydrogen (secondary N) is 2. The van der Waals surface area contributed by atoms with Crippen LogP contribution < -0.4 is 16.4 Å². The van der Waals surface area contributed by atoms with E-state index in [9.17, 15) is 33.5 Å². The number of aliphatic hydroxyl groups is 1. The lowest BCUT2D eigenvalue weighted by Gasteiger charge is -2.30. The monoisotopic (exact) mass is 667 g/mol. The first-order valence-electron chi connectivity index (χ1n) is 15.3. The van der Waals surface area contributed by atoms with E-state index in [0.717, 1.165) is 18.2 Å². The van der Waals surface area contributed by atoms with Gasteiger partial charge in [-0.1, -0.05) is 38.2 Å². The zero-order chi connectivity index (χ0) is 35.7. The van der Waals surface area contributed by atoms with Crippen LogP contribution in [-0.2, 0) is 28.6 Å². The van der Waals surface area contributed by atoms with Crippen molar-refractivity contribution in [1.82, 2.24) is 10.6 Å². The van der Waals surface area contributed by atoms with Gasteiger partial charge in [-0.3, -0.25) is 19.2 Å². The standard InChI is InChI=1S/C35H42FN3O9/c1-18-14-24-29(39-34(44)22-10-12-23(36)13-11-22)26(40)17-25(31(24)42)38-33(43)19(2)8-7-9-27(46-5)32(48-35(37)45)21(4)16-20(3)30(41)28(15-18)47-6/h7-13,16-18,20,27-28,30,32,41H,14-15H2,1-6H3,(H2,37,45)(H,38,43)(H,39,44)/b9-7-,19-8+,21-16+/t18-,20+,27+,28+,30-,32-/m1/s1. The maximum Gasteiger partial charge on any atom is 0.405 e. The molecule has 1 aliphatic heterocycles. The zero-order valence-corrected chi connectivity index (χ0v) is 27.7. The summed E-state index contributed by atoms with van der Waals surface area (Å²) >= 11 is 0. The number of nitrogens with two attached hydrogens (primary N) is 1. The van der Waals surface area contributed by atoms with Crippen molar-refractivity contribution in [1.29, 1.82) is 0 Å². The van der Waals surface area contributed by atoms with Gasteiger partial charge < -0.3 is 35.7 Å². The number of rotatable bonds is 5. The average Bonchev–Trinajstić information content (AvgIpc) is 3.04. The zero-order valence-electron chi connectivity index (χ0n) is 27.7. The van der Waals surface area contributed by atoms with Crippen LogP contribution in [-0.4, -0.2) is 73.2 Å². The highest BCUT2D eigenvalue weighted by Crippen LogP contribution is 2.29. The number of methoxy groups -OCH3 is 2. The Labute approximate surface area is 278 Å². The van der Waals surface area contributed by atoms with Crippen LogP contribution in [0.4, 0.5) is 9.18 Å². The summed E-state index contributed by atoms with van der Waals surface area (Å²) in [6, 6.07) is 4.66. The molecule has 1 aromatic carbocycles. The van der Waals surface area contributed by atoms with Crippen LogP contribution in [0.2, 0.25) is 0 Å². The van der Waals surface area contributed by atoms with Crippen molar-refractivity contribution in [2.45, 2.75) is 65.0 Å². The maximum absolute atomic E-state index is 13.8. The molecule has 0 saturated heterocycles. The summed E-state index contributed by atoms with van der Waals surface area (Å²) in [5, 5.41) is 16.3. The molecule has 48 heavy (non-hydrogen) atoms. The van der Waals surface area contributed by atoms with Crippen LogP contribution in [0.1, 0.15) is 50.9 Å². The minimum atomic E-state index is -1.06. The molecule has 0 spiro atoms. The van der Waals surface area contributed by atoms with E-state index in [1.165, 1.54) is 45.4 Å². The van der Waals surface area contributed by atoms with Gasteiger partial charge in [0.1, 0.15) is 11.9 Å². The van der Waals surface area contributed by atoms with Crippen molar-refractivity contribution >= 4 is 29.5 Å². The number of allylic oxidation sites excluding steroid dienone is 4. The summed E-state index contributed by atoms with van der Waals surface area (Å²) in [5.41, 5.74) is 5.49. The molecule has 2 aliphatic rings. The number of carbonyl (C=O) groups excluding carboxylic acids is 5. The van der Waals surface area contributed by atoms with Gasteiger partial charge in [-0.25, -0.2) is 9.18 Å². The number of ketones is 2. The van der Waals surface area contributed by atoms with Crippen LogP contribution in [0.25, 0.3) is 0 Å². The molecule has 3 rings (SSSR count). The van der Waals surface area contributed by atoms with Gasteiger partial charge in [0.15, 0.2) is 6.10 Å².